The second-order valence-corrected chi connectivity index (χ2v) is 6.51. The highest BCUT2D eigenvalue weighted by Gasteiger charge is 2.04. The number of benzene rings is 3. The van der Waals surface area contributed by atoms with Gasteiger partial charge in [-0.3, -0.25) is 0 Å². The first kappa shape index (κ1) is 18.4. The predicted molar refractivity (Wildman–Crippen MR) is 108 cm³/mol. The van der Waals surface area contributed by atoms with Crippen LogP contribution in [0.25, 0.3) is 0 Å². The maximum atomic E-state index is 6.05. The minimum Gasteiger partial charge on any atom is -0.490 e. The fraction of sp³-hybridized carbons (Fsp3) is 0.143. The molecule has 0 heterocycles. The third-order valence-electron chi connectivity index (χ3n) is 3.65. The van der Waals surface area contributed by atoms with E-state index in [4.69, 9.17) is 32.7 Å². The molecule has 0 saturated heterocycles. The summed E-state index contributed by atoms with van der Waals surface area (Å²) in [7, 11) is 0. The van der Waals surface area contributed by atoms with Crippen molar-refractivity contribution in [2.75, 3.05) is 18.5 Å². The van der Waals surface area contributed by atoms with Gasteiger partial charge in [-0.25, -0.2) is 0 Å². The molecule has 3 aromatic rings. The van der Waals surface area contributed by atoms with Gasteiger partial charge in [0.05, 0.1) is 5.69 Å². The van der Waals surface area contributed by atoms with Gasteiger partial charge in [0.1, 0.15) is 24.7 Å². The lowest BCUT2D eigenvalue weighted by atomic mass is 10.2. The summed E-state index contributed by atoms with van der Waals surface area (Å²) in [6, 6.07) is 23.0. The summed E-state index contributed by atoms with van der Waals surface area (Å²) in [4.78, 5) is 0. The summed E-state index contributed by atoms with van der Waals surface area (Å²) in [6.07, 6.45) is 0. The summed E-state index contributed by atoms with van der Waals surface area (Å²) in [6.45, 7) is 1.53. The van der Waals surface area contributed by atoms with Crippen molar-refractivity contribution < 1.29 is 9.47 Å². The molecule has 5 heteroatoms. The standard InChI is InChI=1S/C21H19Cl2NO2/c22-17-12-16(13-18(23)14-17)15-24-20-8-4-5-9-21(20)26-11-10-25-19-6-2-1-3-7-19/h1-9,12-14,24H,10-11,15H2. The molecule has 0 radical (unpaired) electrons. The zero-order valence-corrected chi connectivity index (χ0v) is 15.6. The van der Waals surface area contributed by atoms with Crippen molar-refractivity contribution in [2.24, 2.45) is 0 Å². The minimum absolute atomic E-state index is 0.455. The molecule has 0 saturated carbocycles. The van der Waals surface area contributed by atoms with Gasteiger partial charge in [-0.05, 0) is 48.0 Å². The Kier molecular flexibility index (Phi) is 6.64. The molecule has 0 fully saturated rings. The van der Waals surface area contributed by atoms with Crippen molar-refractivity contribution in [3.63, 3.8) is 0 Å². The molecule has 0 aliphatic carbocycles. The minimum atomic E-state index is 0.455. The first-order chi connectivity index (χ1) is 12.7. The lowest BCUT2D eigenvalue weighted by Gasteiger charge is -2.14. The van der Waals surface area contributed by atoms with Gasteiger partial charge >= 0.3 is 0 Å². The van der Waals surface area contributed by atoms with E-state index in [1.807, 2.05) is 66.7 Å². The van der Waals surface area contributed by atoms with Crippen molar-refractivity contribution in [2.45, 2.75) is 6.54 Å². The van der Waals surface area contributed by atoms with Crippen LogP contribution < -0.4 is 14.8 Å². The summed E-state index contributed by atoms with van der Waals surface area (Å²) >= 11 is 12.1. The molecular formula is C21H19Cl2NO2. The Morgan fingerprint density at radius 2 is 1.38 bits per heavy atom. The van der Waals surface area contributed by atoms with Gasteiger partial charge in [-0.2, -0.15) is 0 Å². The van der Waals surface area contributed by atoms with Crippen LogP contribution in [0, 0.1) is 0 Å². The third-order valence-corrected chi connectivity index (χ3v) is 4.08. The van der Waals surface area contributed by atoms with Crippen LogP contribution >= 0.6 is 23.2 Å². The topological polar surface area (TPSA) is 30.5 Å². The molecule has 3 rings (SSSR count). The van der Waals surface area contributed by atoms with Crippen LogP contribution in [0.2, 0.25) is 10.0 Å². The summed E-state index contributed by atoms with van der Waals surface area (Å²) < 4.78 is 11.5. The SMILES string of the molecule is Clc1cc(Cl)cc(CNc2ccccc2OCCOc2ccccc2)c1. The highest BCUT2D eigenvalue weighted by molar-refractivity contribution is 6.34. The highest BCUT2D eigenvalue weighted by Crippen LogP contribution is 2.25. The van der Waals surface area contributed by atoms with E-state index in [9.17, 15) is 0 Å². The van der Waals surface area contributed by atoms with E-state index in [0.29, 0.717) is 29.8 Å². The third kappa shape index (κ3) is 5.58. The Bertz CT molecular complexity index is 820. The van der Waals surface area contributed by atoms with Crippen molar-refractivity contribution in [3.8, 4) is 11.5 Å². The van der Waals surface area contributed by atoms with E-state index >= 15 is 0 Å². The lowest BCUT2D eigenvalue weighted by Crippen LogP contribution is -2.10. The fourth-order valence-electron chi connectivity index (χ4n) is 2.48. The number of rotatable bonds is 8. The molecule has 0 aromatic heterocycles. The molecule has 3 nitrogen and oxygen atoms in total. The van der Waals surface area contributed by atoms with Crippen LogP contribution in [0.3, 0.4) is 0 Å². The quantitative estimate of drug-likeness (QED) is 0.476. The van der Waals surface area contributed by atoms with E-state index in [1.54, 1.807) is 6.07 Å². The molecule has 0 amide bonds. The molecule has 0 spiro atoms. The second-order valence-electron chi connectivity index (χ2n) is 5.64. The number of halogens is 2. The highest BCUT2D eigenvalue weighted by atomic mass is 35.5. The average Bonchev–Trinajstić information content (AvgIpc) is 2.64. The number of ether oxygens (including phenoxy) is 2. The Hall–Kier alpha value is -2.36. The zero-order valence-electron chi connectivity index (χ0n) is 14.1. The number of hydrogen-bond acceptors (Lipinski definition) is 3. The van der Waals surface area contributed by atoms with Crippen LogP contribution in [0.4, 0.5) is 5.69 Å². The summed E-state index contributed by atoms with van der Waals surface area (Å²) in [5, 5.41) is 4.60. The van der Waals surface area contributed by atoms with Crippen LogP contribution in [0.1, 0.15) is 5.56 Å². The largest absolute Gasteiger partial charge is 0.490 e. The molecule has 26 heavy (non-hydrogen) atoms. The lowest BCUT2D eigenvalue weighted by molar-refractivity contribution is 0.218. The average molecular weight is 388 g/mol. The maximum Gasteiger partial charge on any atom is 0.142 e. The Balaban J connectivity index is 1.54. The van der Waals surface area contributed by atoms with Gasteiger partial charge in [0.15, 0.2) is 0 Å². The van der Waals surface area contributed by atoms with Crippen LogP contribution in [-0.2, 0) is 6.54 Å². The number of para-hydroxylation sites is 3. The number of nitrogens with one attached hydrogen (secondary N) is 1. The van der Waals surface area contributed by atoms with Crippen molar-refractivity contribution in [1.29, 1.82) is 0 Å². The Labute approximate surface area is 163 Å². The fourth-order valence-corrected chi connectivity index (χ4v) is 3.05. The van der Waals surface area contributed by atoms with Crippen LogP contribution in [0.15, 0.2) is 72.8 Å². The number of hydrogen-bond donors (Lipinski definition) is 1. The van der Waals surface area contributed by atoms with Crippen molar-refractivity contribution in [3.05, 3.63) is 88.4 Å². The Morgan fingerprint density at radius 1 is 0.731 bits per heavy atom. The Morgan fingerprint density at radius 3 is 2.15 bits per heavy atom. The monoisotopic (exact) mass is 387 g/mol. The number of anilines is 1. The molecule has 0 unspecified atom stereocenters. The van der Waals surface area contributed by atoms with Gasteiger partial charge in [0.25, 0.3) is 0 Å². The van der Waals surface area contributed by atoms with Crippen molar-refractivity contribution in [1.82, 2.24) is 0 Å². The van der Waals surface area contributed by atoms with Gasteiger partial charge in [0, 0.05) is 16.6 Å². The van der Waals surface area contributed by atoms with E-state index in [-0.39, 0.29) is 0 Å². The van der Waals surface area contributed by atoms with E-state index in [1.165, 1.54) is 0 Å². The van der Waals surface area contributed by atoms with Gasteiger partial charge < -0.3 is 14.8 Å². The maximum absolute atomic E-state index is 6.05. The molecule has 134 valence electrons. The molecule has 0 atom stereocenters. The van der Waals surface area contributed by atoms with Gasteiger partial charge in [0.2, 0.25) is 0 Å². The molecule has 0 aliphatic rings. The first-order valence-electron chi connectivity index (χ1n) is 8.29. The van der Waals surface area contributed by atoms with Gasteiger partial charge in [-0.1, -0.05) is 53.5 Å². The van der Waals surface area contributed by atoms with E-state index < -0.39 is 0 Å². The van der Waals surface area contributed by atoms with Gasteiger partial charge in [-0.15, -0.1) is 0 Å². The normalized spacial score (nSPS) is 10.4. The van der Waals surface area contributed by atoms with E-state index in [0.717, 1.165) is 22.7 Å². The summed E-state index contributed by atoms with van der Waals surface area (Å²) in [5.74, 6) is 1.61. The predicted octanol–water partition coefficient (Wildman–Crippen LogP) is 6.06. The smallest absolute Gasteiger partial charge is 0.142 e. The molecular weight excluding hydrogens is 369 g/mol. The molecule has 0 aliphatic heterocycles. The molecule has 3 aromatic carbocycles. The van der Waals surface area contributed by atoms with Crippen LogP contribution in [-0.4, -0.2) is 13.2 Å². The molecule has 1 N–H and O–H groups in total. The van der Waals surface area contributed by atoms with E-state index in [2.05, 4.69) is 5.32 Å². The van der Waals surface area contributed by atoms with Crippen LogP contribution in [0.5, 0.6) is 11.5 Å². The first-order valence-corrected chi connectivity index (χ1v) is 9.05. The second kappa shape index (κ2) is 9.37. The van der Waals surface area contributed by atoms with Crippen molar-refractivity contribution >= 4 is 28.9 Å². The zero-order chi connectivity index (χ0) is 18.2. The summed E-state index contributed by atoms with van der Waals surface area (Å²) in [5.41, 5.74) is 1.91. The molecule has 0 bridgehead atoms.